The molecule has 0 aliphatic carbocycles. The Morgan fingerprint density at radius 2 is 1.81 bits per heavy atom. The van der Waals surface area contributed by atoms with Gasteiger partial charge in [0.1, 0.15) is 36.1 Å². The molecule has 3 rings (SSSR count). The molecule has 0 saturated carbocycles. The van der Waals surface area contributed by atoms with Crippen molar-refractivity contribution >= 4 is 34.5 Å². The number of alkyl halides is 1. The molecule has 31 heavy (non-hydrogen) atoms. The maximum Gasteiger partial charge on any atom is 0.155 e. The van der Waals surface area contributed by atoms with Crippen LogP contribution in [-0.4, -0.2) is 17.5 Å². The topological polar surface area (TPSA) is 78.9 Å². The minimum Gasteiger partial charge on any atom is -0.489 e. The van der Waals surface area contributed by atoms with E-state index in [1.54, 1.807) is 11.4 Å². The van der Waals surface area contributed by atoms with Crippen LogP contribution in [0.3, 0.4) is 0 Å². The maximum atomic E-state index is 9.55. The molecule has 8 heteroatoms. The Morgan fingerprint density at radius 1 is 1.06 bits per heavy atom. The highest BCUT2D eigenvalue weighted by Crippen LogP contribution is 2.38. The fourth-order valence-corrected chi connectivity index (χ4v) is 4.01. The number of nitrogens with zero attached hydrogens (tertiary/aromatic N) is 3. The van der Waals surface area contributed by atoms with Crippen molar-refractivity contribution in [3.05, 3.63) is 74.2 Å². The summed E-state index contributed by atoms with van der Waals surface area (Å²) in [6.07, 6.45) is 0. The van der Waals surface area contributed by atoms with Crippen molar-refractivity contribution in [3.63, 3.8) is 0 Å². The predicted octanol–water partition coefficient (Wildman–Crippen LogP) is 6.06. The molecule has 158 valence electrons. The first-order valence-corrected chi connectivity index (χ1v) is 11.2. The van der Waals surface area contributed by atoms with Crippen LogP contribution in [-0.2, 0) is 12.0 Å². The van der Waals surface area contributed by atoms with Crippen molar-refractivity contribution in [2.24, 2.45) is 0 Å². The van der Waals surface area contributed by atoms with E-state index in [1.807, 2.05) is 36.4 Å². The van der Waals surface area contributed by atoms with Gasteiger partial charge < -0.3 is 9.47 Å². The van der Waals surface area contributed by atoms with E-state index in [1.165, 1.54) is 11.3 Å². The van der Waals surface area contributed by atoms with Gasteiger partial charge in [-0.1, -0.05) is 37.6 Å². The quantitative estimate of drug-likeness (QED) is 0.372. The predicted molar refractivity (Wildman–Crippen MR) is 122 cm³/mol. The minimum atomic E-state index is -0.407. The second-order valence-electron chi connectivity index (χ2n) is 7.16. The van der Waals surface area contributed by atoms with Crippen LogP contribution >= 0.6 is 34.5 Å². The van der Waals surface area contributed by atoms with Crippen molar-refractivity contribution < 1.29 is 9.47 Å². The molecule has 0 aliphatic heterocycles. The fourth-order valence-electron chi connectivity index (χ4n) is 3.03. The molecule has 1 heterocycles. The minimum absolute atomic E-state index is 0.277. The standard InChI is InChI=1S/C23H19Cl2N3O2S/c1-23(2,17-9-15(11-26)22(20(25)10-17)29-8-7-24)16-3-5-19(6-4-16)30-13-21-28-18(12-27)14-31-21/h3-6,9-10,14H,7-8,13H2,1-2H3. The lowest BCUT2D eigenvalue weighted by Gasteiger charge is -2.27. The van der Waals surface area contributed by atoms with Gasteiger partial charge in [-0.15, -0.1) is 22.9 Å². The average Bonchev–Trinajstić information content (AvgIpc) is 3.24. The summed E-state index contributed by atoms with van der Waals surface area (Å²) in [7, 11) is 0. The van der Waals surface area contributed by atoms with Crippen molar-refractivity contribution in [3.8, 4) is 23.6 Å². The van der Waals surface area contributed by atoms with Crippen LogP contribution in [0.4, 0.5) is 0 Å². The third-order valence-corrected chi connectivity index (χ3v) is 6.07. The Bertz CT molecular complexity index is 1150. The van der Waals surface area contributed by atoms with E-state index in [-0.39, 0.29) is 6.61 Å². The normalized spacial score (nSPS) is 10.9. The number of ether oxygens (including phenoxy) is 2. The van der Waals surface area contributed by atoms with Crippen LogP contribution in [0.15, 0.2) is 41.8 Å². The summed E-state index contributed by atoms with van der Waals surface area (Å²) in [5.74, 6) is 1.37. The van der Waals surface area contributed by atoms with Crippen LogP contribution in [0.5, 0.6) is 11.5 Å². The number of hydrogen-bond acceptors (Lipinski definition) is 6. The van der Waals surface area contributed by atoms with E-state index in [0.29, 0.717) is 40.3 Å². The van der Waals surface area contributed by atoms with Gasteiger partial charge in [0.25, 0.3) is 0 Å². The van der Waals surface area contributed by atoms with E-state index < -0.39 is 5.41 Å². The lowest BCUT2D eigenvalue weighted by Crippen LogP contribution is -2.19. The highest BCUT2D eigenvalue weighted by atomic mass is 35.5. The molecule has 3 aromatic rings. The summed E-state index contributed by atoms with van der Waals surface area (Å²) < 4.78 is 11.3. The van der Waals surface area contributed by atoms with Gasteiger partial charge in [-0.05, 0) is 35.4 Å². The second kappa shape index (κ2) is 10.0. The zero-order valence-corrected chi connectivity index (χ0v) is 19.3. The number of nitriles is 2. The first-order chi connectivity index (χ1) is 14.9. The zero-order chi connectivity index (χ0) is 22.4. The Hall–Kier alpha value is -2.77. The van der Waals surface area contributed by atoms with Crippen LogP contribution < -0.4 is 9.47 Å². The average molecular weight is 472 g/mol. The molecular weight excluding hydrogens is 453 g/mol. The van der Waals surface area contributed by atoms with Gasteiger partial charge in [-0.25, -0.2) is 4.98 Å². The van der Waals surface area contributed by atoms with Gasteiger partial charge in [0.15, 0.2) is 11.4 Å². The molecule has 0 fully saturated rings. The van der Waals surface area contributed by atoms with Gasteiger partial charge in [0, 0.05) is 10.8 Å². The van der Waals surface area contributed by atoms with Crippen molar-refractivity contribution in [1.82, 2.24) is 4.98 Å². The highest BCUT2D eigenvalue weighted by molar-refractivity contribution is 7.09. The third-order valence-electron chi connectivity index (χ3n) is 4.81. The van der Waals surface area contributed by atoms with Gasteiger partial charge in [-0.3, -0.25) is 0 Å². The molecule has 0 atom stereocenters. The molecule has 0 saturated heterocycles. The first-order valence-electron chi connectivity index (χ1n) is 9.39. The molecule has 0 bridgehead atoms. The maximum absolute atomic E-state index is 9.55. The zero-order valence-electron chi connectivity index (χ0n) is 17.0. The fraction of sp³-hybridized carbons (Fsp3) is 0.261. The lowest BCUT2D eigenvalue weighted by atomic mass is 9.77. The molecule has 0 N–H and O–H groups in total. The van der Waals surface area contributed by atoms with Crippen LogP contribution in [0, 0.1) is 22.7 Å². The van der Waals surface area contributed by atoms with E-state index >= 15 is 0 Å². The third kappa shape index (κ3) is 5.29. The van der Waals surface area contributed by atoms with Crippen molar-refractivity contribution in [1.29, 1.82) is 10.5 Å². The van der Waals surface area contributed by atoms with Crippen LogP contribution in [0.25, 0.3) is 0 Å². The van der Waals surface area contributed by atoms with Gasteiger partial charge in [-0.2, -0.15) is 10.5 Å². The van der Waals surface area contributed by atoms with E-state index in [9.17, 15) is 5.26 Å². The van der Waals surface area contributed by atoms with Crippen molar-refractivity contribution in [2.75, 3.05) is 12.5 Å². The Labute approximate surface area is 195 Å². The molecule has 5 nitrogen and oxygen atoms in total. The van der Waals surface area contributed by atoms with Gasteiger partial charge in [0.05, 0.1) is 16.5 Å². The van der Waals surface area contributed by atoms with Gasteiger partial charge >= 0.3 is 0 Å². The molecule has 0 radical (unpaired) electrons. The number of thiazole rings is 1. The number of benzene rings is 2. The molecule has 0 aliphatic rings. The number of halogens is 2. The second-order valence-corrected chi connectivity index (χ2v) is 8.89. The summed E-state index contributed by atoms with van der Waals surface area (Å²) in [5, 5.41) is 21.2. The lowest BCUT2D eigenvalue weighted by molar-refractivity contribution is 0.305. The Morgan fingerprint density at radius 3 is 2.42 bits per heavy atom. The molecule has 0 amide bonds. The molecule has 1 aromatic heterocycles. The molecule has 0 spiro atoms. The number of hydrogen-bond donors (Lipinski definition) is 0. The monoisotopic (exact) mass is 471 g/mol. The number of aromatic nitrogens is 1. The SMILES string of the molecule is CC(C)(c1ccc(OCc2nc(C#N)cs2)cc1)c1cc(Cl)c(OCCCl)c(C#N)c1. The molecule has 2 aromatic carbocycles. The molecular formula is C23H19Cl2N3O2S. The summed E-state index contributed by atoms with van der Waals surface area (Å²) in [4.78, 5) is 4.17. The summed E-state index contributed by atoms with van der Waals surface area (Å²) in [6.45, 7) is 4.71. The van der Waals surface area contributed by atoms with E-state index in [2.05, 4.69) is 24.9 Å². The largest absolute Gasteiger partial charge is 0.489 e. The van der Waals surface area contributed by atoms with Crippen molar-refractivity contribution in [2.45, 2.75) is 25.9 Å². The Kier molecular flexibility index (Phi) is 7.41. The molecule has 0 unspecified atom stereocenters. The number of rotatable bonds is 8. The van der Waals surface area contributed by atoms with E-state index in [4.69, 9.17) is 37.9 Å². The highest BCUT2D eigenvalue weighted by Gasteiger charge is 2.26. The smallest absolute Gasteiger partial charge is 0.155 e. The summed E-state index contributed by atoms with van der Waals surface area (Å²) in [5.41, 5.74) is 2.30. The van der Waals surface area contributed by atoms with Crippen LogP contribution in [0.1, 0.15) is 41.2 Å². The summed E-state index contributed by atoms with van der Waals surface area (Å²) >= 11 is 13.5. The Balaban J connectivity index is 1.79. The summed E-state index contributed by atoms with van der Waals surface area (Å²) in [6, 6.07) is 15.5. The van der Waals surface area contributed by atoms with Crippen LogP contribution in [0.2, 0.25) is 5.02 Å². The first kappa shape index (κ1) is 22.9. The van der Waals surface area contributed by atoms with Gasteiger partial charge in [0.2, 0.25) is 0 Å². The van der Waals surface area contributed by atoms with E-state index in [0.717, 1.165) is 16.1 Å².